The molecule has 3 rings (SSSR count). The van der Waals surface area contributed by atoms with E-state index in [0.717, 1.165) is 26.7 Å². The lowest BCUT2D eigenvalue weighted by atomic mass is 10.1. The summed E-state index contributed by atoms with van der Waals surface area (Å²) in [4.78, 5) is 11.6. The van der Waals surface area contributed by atoms with Gasteiger partial charge in [0.2, 0.25) is 0 Å². The first-order valence-corrected chi connectivity index (χ1v) is 7.31. The van der Waals surface area contributed by atoms with Crippen molar-refractivity contribution in [3.05, 3.63) is 52.5 Å². The fourth-order valence-electron chi connectivity index (χ4n) is 2.10. The molecule has 0 N–H and O–H groups in total. The highest BCUT2D eigenvalue weighted by molar-refractivity contribution is 9.10. The van der Waals surface area contributed by atoms with E-state index in [4.69, 9.17) is 9.26 Å². The molecule has 0 bridgehead atoms. The third-order valence-electron chi connectivity index (χ3n) is 3.10. The lowest BCUT2D eigenvalue weighted by molar-refractivity contribution is 0.0526. The molecule has 4 nitrogen and oxygen atoms in total. The zero-order chi connectivity index (χ0) is 14.8. The number of hydrogen-bond donors (Lipinski definition) is 0. The number of ether oxygens (including phenoxy) is 1. The molecule has 0 fully saturated rings. The summed E-state index contributed by atoms with van der Waals surface area (Å²) >= 11 is 3.44. The Kier molecular flexibility index (Phi) is 3.75. The van der Waals surface area contributed by atoms with E-state index in [-0.39, 0.29) is 5.97 Å². The minimum absolute atomic E-state index is 0.322. The van der Waals surface area contributed by atoms with Crippen LogP contribution in [0.3, 0.4) is 0 Å². The molecule has 0 atom stereocenters. The van der Waals surface area contributed by atoms with Gasteiger partial charge in [0.1, 0.15) is 5.69 Å². The van der Waals surface area contributed by atoms with Crippen molar-refractivity contribution in [1.29, 1.82) is 0 Å². The van der Waals surface area contributed by atoms with Gasteiger partial charge in [-0.2, -0.15) is 0 Å². The molecule has 1 heterocycles. The second-order valence-electron chi connectivity index (χ2n) is 4.47. The van der Waals surface area contributed by atoms with Crippen molar-refractivity contribution in [3.8, 4) is 11.3 Å². The van der Waals surface area contributed by atoms with Gasteiger partial charge < -0.3 is 9.26 Å². The third-order valence-corrected chi connectivity index (χ3v) is 3.59. The van der Waals surface area contributed by atoms with Crippen LogP contribution in [0.2, 0.25) is 0 Å². The Hall–Kier alpha value is -2.14. The number of hydrogen-bond acceptors (Lipinski definition) is 4. The van der Waals surface area contributed by atoms with Crippen LogP contribution in [0, 0.1) is 0 Å². The molecule has 0 unspecified atom stereocenters. The van der Waals surface area contributed by atoms with Gasteiger partial charge in [-0.25, -0.2) is 4.79 Å². The predicted octanol–water partition coefficient (Wildman–Crippen LogP) is 4.43. The molecule has 0 saturated heterocycles. The highest BCUT2D eigenvalue weighted by Crippen LogP contribution is 2.30. The molecule has 0 aliphatic carbocycles. The van der Waals surface area contributed by atoms with Gasteiger partial charge in [0.15, 0.2) is 5.58 Å². The SMILES string of the molecule is CCOC(=O)c1ccc(-c2noc3ccc(Br)cc23)cc1. The van der Waals surface area contributed by atoms with Crippen LogP contribution in [-0.4, -0.2) is 17.7 Å². The molecule has 0 aliphatic rings. The lowest BCUT2D eigenvalue weighted by Gasteiger charge is -2.02. The standard InChI is InChI=1S/C16H12BrNO3/c1-2-20-16(19)11-5-3-10(4-6-11)15-13-9-12(17)7-8-14(13)21-18-15/h3-9H,2H2,1H3. The van der Waals surface area contributed by atoms with E-state index in [9.17, 15) is 4.79 Å². The summed E-state index contributed by atoms with van der Waals surface area (Å²) in [5.41, 5.74) is 2.89. The Morgan fingerprint density at radius 1 is 1.24 bits per heavy atom. The molecular formula is C16H12BrNO3. The van der Waals surface area contributed by atoms with Crippen LogP contribution in [0.5, 0.6) is 0 Å². The summed E-state index contributed by atoms with van der Waals surface area (Å²) < 4.78 is 11.2. The number of benzene rings is 2. The third kappa shape index (κ3) is 2.69. The number of halogens is 1. The monoisotopic (exact) mass is 345 g/mol. The lowest BCUT2D eigenvalue weighted by Crippen LogP contribution is -2.03. The minimum atomic E-state index is -0.322. The summed E-state index contributed by atoms with van der Waals surface area (Å²) in [5, 5.41) is 5.03. The Bertz CT molecular complexity index is 793. The minimum Gasteiger partial charge on any atom is -0.462 e. The van der Waals surface area contributed by atoms with Gasteiger partial charge in [0.25, 0.3) is 0 Å². The molecule has 0 saturated carbocycles. The zero-order valence-corrected chi connectivity index (χ0v) is 12.9. The van der Waals surface area contributed by atoms with Gasteiger partial charge in [-0.1, -0.05) is 33.2 Å². The molecule has 21 heavy (non-hydrogen) atoms. The maximum absolute atomic E-state index is 11.6. The molecule has 5 heteroatoms. The average molecular weight is 346 g/mol. The fraction of sp³-hybridized carbons (Fsp3) is 0.125. The Morgan fingerprint density at radius 2 is 2.00 bits per heavy atom. The van der Waals surface area contributed by atoms with Crippen LogP contribution in [0.1, 0.15) is 17.3 Å². The normalized spacial score (nSPS) is 10.8. The van der Waals surface area contributed by atoms with E-state index in [1.54, 1.807) is 19.1 Å². The second-order valence-corrected chi connectivity index (χ2v) is 5.39. The summed E-state index contributed by atoms with van der Waals surface area (Å²) in [6, 6.07) is 12.9. The quantitative estimate of drug-likeness (QED) is 0.658. The Morgan fingerprint density at radius 3 is 2.71 bits per heavy atom. The molecule has 0 amide bonds. The number of carbonyl (C=O) groups is 1. The maximum atomic E-state index is 11.6. The van der Waals surface area contributed by atoms with Gasteiger partial charge in [0, 0.05) is 10.0 Å². The molecule has 3 aromatic rings. The molecule has 1 aromatic heterocycles. The first-order chi connectivity index (χ1) is 10.2. The summed E-state index contributed by atoms with van der Waals surface area (Å²) in [7, 11) is 0. The van der Waals surface area contributed by atoms with Crippen molar-refractivity contribution in [3.63, 3.8) is 0 Å². The molecule has 2 aromatic carbocycles. The van der Waals surface area contributed by atoms with Crippen LogP contribution in [0.25, 0.3) is 22.2 Å². The number of nitrogens with zero attached hydrogens (tertiary/aromatic N) is 1. The van der Waals surface area contributed by atoms with E-state index in [2.05, 4.69) is 21.1 Å². The maximum Gasteiger partial charge on any atom is 0.338 e. The summed E-state index contributed by atoms with van der Waals surface area (Å²) in [5.74, 6) is -0.322. The highest BCUT2D eigenvalue weighted by atomic mass is 79.9. The van der Waals surface area contributed by atoms with Crippen LogP contribution in [0.15, 0.2) is 51.5 Å². The Balaban J connectivity index is 1.99. The Labute approximate surface area is 129 Å². The molecule has 106 valence electrons. The number of aromatic nitrogens is 1. The van der Waals surface area contributed by atoms with Crippen LogP contribution < -0.4 is 0 Å². The molecule has 0 radical (unpaired) electrons. The van der Waals surface area contributed by atoms with Crippen LogP contribution >= 0.6 is 15.9 Å². The number of esters is 1. The molecule has 0 spiro atoms. The first-order valence-electron chi connectivity index (χ1n) is 6.51. The van der Waals surface area contributed by atoms with Gasteiger partial charge in [0.05, 0.1) is 17.6 Å². The first kappa shape index (κ1) is 13.8. The number of carbonyl (C=O) groups excluding carboxylic acids is 1. The average Bonchev–Trinajstić information content (AvgIpc) is 2.90. The van der Waals surface area contributed by atoms with E-state index in [0.29, 0.717) is 12.2 Å². The van der Waals surface area contributed by atoms with Crippen molar-refractivity contribution < 1.29 is 14.1 Å². The predicted molar refractivity (Wildman–Crippen MR) is 83.1 cm³/mol. The number of fused-ring (bicyclic) bond motifs is 1. The number of rotatable bonds is 3. The zero-order valence-electron chi connectivity index (χ0n) is 11.3. The fourth-order valence-corrected chi connectivity index (χ4v) is 2.46. The highest BCUT2D eigenvalue weighted by Gasteiger charge is 2.12. The van der Waals surface area contributed by atoms with Gasteiger partial charge in [-0.15, -0.1) is 0 Å². The van der Waals surface area contributed by atoms with E-state index < -0.39 is 0 Å². The molecule has 0 aliphatic heterocycles. The van der Waals surface area contributed by atoms with Crippen molar-refractivity contribution in [2.75, 3.05) is 6.61 Å². The van der Waals surface area contributed by atoms with Crippen molar-refractivity contribution >= 4 is 32.9 Å². The second kappa shape index (κ2) is 5.69. The van der Waals surface area contributed by atoms with Crippen LogP contribution in [0.4, 0.5) is 0 Å². The summed E-state index contributed by atoms with van der Waals surface area (Å²) in [6.07, 6.45) is 0. The van der Waals surface area contributed by atoms with E-state index in [1.165, 1.54) is 0 Å². The van der Waals surface area contributed by atoms with E-state index in [1.807, 2.05) is 30.3 Å². The van der Waals surface area contributed by atoms with Gasteiger partial charge >= 0.3 is 5.97 Å². The van der Waals surface area contributed by atoms with Crippen LogP contribution in [-0.2, 0) is 4.74 Å². The van der Waals surface area contributed by atoms with Crippen molar-refractivity contribution in [2.24, 2.45) is 0 Å². The van der Waals surface area contributed by atoms with E-state index >= 15 is 0 Å². The molecular weight excluding hydrogens is 334 g/mol. The smallest absolute Gasteiger partial charge is 0.338 e. The van der Waals surface area contributed by atoms with Crippen molar-refractivity contribution in [2.45, 2.75) is 6.92 Å². The van der Waals surface area contributed by atoms with Crippen molar-refractivity contribution in [1.82, 2.24) is 5.16 Å². The topological polar surface area (TPSA) is 52.3 Å². The van der Waals surface area contributed by atoms with Gasteiger partial charge in [-0.3, -0.25) is 0 Å². The summed E-state index contributed by atoms with van der Waals surface area (Å²) in [6.45, 7) is 2.15. The van der Waals surface area contributed by atoms with Gasteiger partial charge in [-0.05, 0) is 37.3 Å². The largest absolute Gasteiger partial charge is 0.462 e.